The van der Waals surface area contributed by atoms with E-state index in [1.54, 1.807) is 0 Å². The van der Waals surface area contributed by atoms with Crippen molar-refractivity contribution in [1.82, 2.24) is 4.90 Å². The maximum atomic E-state index is 2.80. The number of benzene rings is 1. The minimum atomic E-state index is 0.513. The van der Waals surface area contributed by atoms with Crippen LogP contribution in [0.1, 0.15) is 58.4 Å². The normalized spacial score (nSPS) is 31.8. The predicted molar refractivity (Wildman–Crippen MR) is 90.8 cm³/mol. The number of anilines is 1. The van der Waals surface area contributed by atoms with Gasteiger partial charge in [0, 0.05) is 23.8 Å². The lowest BCUT2D eigenvalue weighted by Crippen LogP contribution is -2.45. The average molecular weight is 286 g/mol. The van der Waals surface area contributed by atoms with Crippen LogP contribution < -0.4 is 4.90 Å². The largest absolute Gasteiger partial charge is 0.352 e. The fraction of sp³-hybridized carbons (Fsp3) is 0.684. The maximum Gasteiger partial charge on any atom is 0.0801 e. The molecule has 1 saturated carbocycles. The monoisotopic (exact) mass is 286 g/mol. The van der Waals surface area contributed by atoms with Crippen molar-refractivity contribution in [1.29, 1.82) is 0 Å². The molecule has 3 rings (SSSR count). The number of nitrogens with zero attached hydrogens (tertiary/aromatic N) is 2. The van der Waals surface area contributed by atoms with Gasteiger partial charge in [-0.25, -0.2) is 0 Å². The Morgan fingerprint density at radius 3 is 2.24 bits per heavy atom. The minimum Gasteiger partial charge on any atom is -0.352 e. The summed E-state index contributed by atoms with van der Waals surface area (Å²) in [5, 5.41) is 0. The van der Waals surface area contributed by atoms with Crippen LogP contribution in [-0.4, -0.2) is 29.2 Å². The van der Waals surface area contributed by atoms with Crippen molar-refractivity contribution >= 4 is 5.69 Å². The molecule has 3 atom stereocenters. The van der Waals surface area contributed by atoms with Crippen molar-refractivity contribution in [2.45, 2.75) is 84.1 Å². The van der Waals surface area contributed by atoms with Crippen molar-refractivity contribution in [3.63, 3.8) is 0 Å². The zero-order valence-electron chi connectivity index (χ0n) is 14.0. The molecule has 2 aliphatic rings. The van der Waals surface area contributed by atoms with E-state index in [0.717, 1.165) is 6.04 Å². The zero-order valence-corrected chi connectivity index (χ0v) is 14.0. The maximum absolute atomic E-state index is 2.80. The Bertz CT molecular complexity index is 478. The van der Waals surface area contributed by atoms with E-state index in [0.29, 0.717) is 18.2 Å². The summed E-state index contributed by atoms with van der Waals surface area (Å²) in [6, 6.07) is 10.9. The first-order valence-electron chi connectivity index (χ1n) is 8.72. The highest BCUT2D eigenvalue weighted by Crippen LogP contribution is 2.37. The Morgan fingerprint density at radius 1 is 0.905 bits per heavy atom. The third kappa shape index (κ3) is 2.59. The minimum absolute atomic E-state index is 0.513. The molecule has 2 heteroatoms. The van der Waals surface area contributed by atoms with Gasteiger partial charge in [-0.05, 0) is 52.2 Å². The Morgan fingerprint density at radius 2 is 1.57 bits per heavy atom. The smallest absolute Gasteiger partial charge is 0.0801 e. The summed E-state index contributed by atoms with van der Waals surface area (Å²) in [6.45, 7) is 9.47. The molecule has 0 amide bonds. The molecular formula is C19H30N2. The summed E-state index contributed by atoms with van der Waals surface area (Å²) >= 11 is 0. The van der Waals surface area contributed by atoms with Crippen LogP contribution in [0.25, 0.3) is 0 Å². The molecule has 1 aliphatic heterocycles. The van der Waals surface area contributed by atoms with E-state index in [1.807, 2.05) is 0 Å². The third-order valence-corrected chi connectivity index (χ3v) is 5.83. The molecule has 2 unspecified atom stereocenters. The second kappa shape index (κ2) is 6.00. The summed E-state index contributed by atoms with van der Waals surface area (Å²) < 4.78 is 0. The molecule has 1 aliphatic carbocycles. The highest BCUT2D eigenvalue weighted by atomic mass is 15.5. The van der Waals surface area contributed by atoms with Gasteiger partial charge in [0.25, 0.3) is 0 Å². The van der Waals surface area contributed by atoms with Crippen LogP contribution in [0.5, 0.6) is 0 Å². The Kier molecular flexibility index (Phi) is 4.26. The van der Waals surface area contributed by atoms with Gasteiger partial charge in [-0.3, -0.25) is 4.90 Å². The molecule has 0 radical (unpaired) electrons. The van der Waals surface area contributed by atoms with E-state index in [-0.39, 0.29) is 0 Å². The van der Waals surface area contributed by atoms with E-state index >= 15 is 0 Å². The Hall–Kier alpha value is -1.02. The van der Waals surface area contributed by atoms with Gasteiger partial charge in [0.1, 0.15) is 0 Å². The van der Waals surface area contributed by atoms with Gasteiger partial charge in [-0.15, -0.1) is 0 Å². The lowest BCUT2D eigenvalue weighted by Gasteiger charge is -2.38. The Labute approximate surface area is 130 Å². The topological polar surface area (TPSA) is 6.48 Å². The molecule has 2 fully saturated rings. The number of hydrogen-bond donors (Lipinski definition) is 0. The molecular weight excluding hydrogens is 256 g/mol. The highest BCUT2D eigenvalue weighted by molar-refractivity contribution is 5.55. The van der Waals surface area contributed by atoms with Crippen LogP contribution in [0.3, 0.4) is 0 Å². The fourth-order valence-electron chi connectivity index (χ4n) is 4.60. The Balaban J connectivity index is 1.88. The van der Waals surface area contributed by atoms with Gasteiger partial charge in [0.2, 0.25) is 0 Å². The van der Waals surface area contributed by atoms with Crippen LogP contribution in [0.15, 0.2) is 24.3 Å². The molecule has 1 saturated heterocycles. The molecule has 1 heterocycles. The van der Waals surface area contributed by atoms with Crippen molar-refractivity contribution in [2.75, 3.05) is 4.90 Å². The lowest BCUT2D eigenvalue weighted by atomic mass is 9.93. The second-order valence-corrected chi connectivity index (χ2v) is 7.05. The summed E-state index contributed by atoms with van der Waals surface area (Å²) in [5.41, 5.74) is 2.82. The summed E-state index contributed by atoms with van der Waals surface area (Å²) in [7, 11) is 0. The van der Waals surface area contributed by atoms with Gasteiger partial charge in [0.05, 0.1) is 6.17 Å². The van der Waals surface area contributed by atoms with Crippen LogP contribution in [-0.2, 0) is 0 Å². The van der Waals surface area contributed by atoms with E-state index in [2.05, 4.69) is 61.8 Å². The average Bonchev–Trinajstić information content (AvgIpc) is 2.71. The first kappa shape index (κ1) is 14.9. The number of aryl methyl sites for hydroxylation is 1. The van der Waals surface area contributed by atoms with Crippen LogP contribution in [0.2, 0.25) is 0 Å². The molecule has 116 valence electrons. The van der Waals surface area contributed by atoms with E-state index in [4.69, 9.17) is 0 Å². The predicted octanol–water partition coefficient (Wildman–Crippen LogP) is 4.57. The molecule has 0 aromatic heterocycles. The summed E-state index contributed by atoms with van der Waals surface area (Å²) in [4.78, 5) is 5.45. The molecule has 1 aromatic rings. The van der Waals surface area contributed by atoms with E-state index in [9.17, 15) is 0 Å². The van der Waals surface area contributed by atoms with Gasteiger partial charge < -0.3 is 4.90 Å². The van der Waals surface area contributed by atoms with E-state index < -0.39 is 0 Å². The van der Waals surface area contributed by atoms with Crippen molar-refractivity contribution in [3.8, 4) is 0 Å². The molecule has 1 aromatic carbocycles. The number of hydrogen-bond acceptors (Lipinski definition) is 2. The van der Waals surface area contributed by atoms with Gasteiger partial charge in [-0.1, -0.05) is 37.5 Å². The van der Waals surface area contributed by atoms with Gasteiger partial charge >= 0.3 is 0 Å². The number of para-hydroxylation sites is 1. The van der Waals surface area contributed by atoms with Crippen LogP contribution in [0, 0.1) is 6.92 Å². The standard InChI is InChI=1S/C19H30N2/c1-14-10-8-9-13-19(14)21-16(3)15(2)20(17(21)4)18-11-6-5-7-12-18/h8-10,13,15-18H,5-7,11-12H2,1-4H3/t15?,16-,17?/m0/s1. The third-order valence-electron chi connectivity index (χ3n) is 5.83. The van der Waals surface area contributed by atoms with Crippen LogP contribution >= 0.6 is 0 Å². The molecule has 2 nitrogen and oxygen atoms in total. The number of rotatable bonds is 2. The summed E-state index contributed by atoms with van der Waals surface area (Å²) in [5.74, 6) is 0. The fourth-order valence-corrected chi connectivity index (χ4v) is 4.60. The molecule has 21 heavy (non-hydrogen) atoms. The first-order chi connectivity index (χ1) is 10.1. The van der Waals surface area contributed by atoms with Crippen molar-refractivity contribution in [2.24, 2.45) is 0 Å². The SMILES string of the molecule is Cc1ccccc1N1C(C)N(C2CCCCC2)C(C)[C@@H]1C. The van der Waals surface area contributed by atoms with E-state index in [1.165, 1.54) is 43.4 Å². The first-order valence-corrected chi connectivity index (χ1v) is 8.72. The molecule has 0 spiro atoms. The van der Waals surface area contributed by atoms with Gasteiger partial charge in [-0.2, -0.15) is 0 Å². The molecule has 0 N–H and O–H groups in total. The summed E-state index contributed by atoms with van der Waals surface area (Å²) in [6.07, 6.45) is 7.56. The van der Waals surface area contributed by atoms with Crippen molar-refractivity contribution < 1.29 is 0 Å². The molecule has 0 bridgehead atoms. The van der Waals surface area contributed by atoms with Crippen molar-refractivity contribution in [3.05, 3.63) is 29.8 Å². The lowest BCUT2D eigenvalue weighted by molar-refractivity contribution is 0.111. The highest BCUT2D eigenvalue weighted by Gasteiger charge is 2.43. The zero-order chi connectivity index (χ0) is 15.0. The second-order valence-electron chi connectivity index (χ2n) is 7.05. The van der Waals surface area contributed by atoms with Gasteiger partial charge in [0.15, 0.2) is 0 Å². The quantitative estimate of drug-likeness (QED) is 0.785. The van der Waals surface area contributed by atoms with Crippen LogP contribution in [0.4, 0.5) is 5.69 Å².